The molecule has 4 rings (SSSR count). The number of alkyl halides is 3. The number of amides is 4. The Morgan fingerprint density at radius 2 is 1.56 bits per heavy atom. The molecule has 43 heavy (non-hydrogen) atoms. The van der Waals surface area contributed by atoms with Crippen LogP contribution in [0.3, 0.4) is 0 Å². The Morgan fingerprint density at radius 1 is 0.953 bits per heavy atom. The van der Waals surface area contributed by atoms with Crippen LogP contribution in [0.25, 0.3) is 0 Å². The predicted octanol–water partition coefficient (Wildman–Crippen LogP) is 4.95. The third kappa shape index (κ3) is 8.56. The van der Waals surface area contributed by atoms with Gasteiger partial charge < -0.3 is 24.9 Å². The van der Waals surface area contributed by atoms with Crippen LogP contribution in [-0.2, 0) is 16.0 Å². The molecule has 1 saturated carbocycles. The van der Waals surface area contributed by atoms with Crippen LogP contribution in [0.4, 0.5) is 18.0 Å². The monoisotopic (exact) mass is 627 g/mol. The fraction of sp³-hybridized carbons (Fsp3) is 0.710. The average Bonchev–Trinajstić information content (AvgIpc) is 2.98. The molecular weight excluding hydrogens is 583 g/mol. The summed E-state index contributed by atoms with van der Waals surface area (Å²) in [5.74, 6) is -1.79. The fourth-order valence-corrected chi connectivity index (χ4v) is 7.04. The Morgan fingerprint density at radius 3 is 2.12 bits per heavy atom. The molecule has 12 heteroatoms. The molecule has 2 saturated heterocycles. The highest BCUT2D eigenvalue weighted by atomic mass is 35.5. The fourth-order valence-electron chi connectivity index (χ4n) is 6.91. The zero-order valence-corrected chi connectivity index (χ0v) is 26.2. The van der Waals surface area contributed by atoms with Crippen molar-refractivity contribution in [2.45, 2.75) is 95.1 Å². The SMILES string of the molecule is C[C@@H]1CN(C(=O)[C@@H](Cc2ccc(Cl)cc2)NC2CCN(C(=O)C(F)(F)F)CC2)CC[C@H]1N(C(=O)N(C)C)C1CCCCC1. The van der Waals surface area contributed by atoms with Crippen molar-refractivity contribution in [3.8, 4) is 0 Å². The minimum absolute atomic E-state index is 0.0167. The average molecular weight is 628 g/mol. The standard InChI is InChI=1S/C31H45ClF3N5O3/c1-21-20-39(18-15-27(21)40(30(43)37(2)3)25-7-5-4-6-8-25)28(41)26(19-22-9-11-23(32)12-10-22)36-24-13-16-38(17-14-24)29(42)31(33,34)35/h9-12,21,24-27,36H,4-8,13-20H2,1-3H3/t21-,26-,27-/m1/s1. The summed E-state index contributed by atoms with van der Waals surface area (Å²) < 4.78 is 38.8. The number of carbonyl (C=O) groups excluding carboxylic acids is 3. The molecule has 8 nitrogen and oxygen atoms in total. The predicted molar refractivity (Wildman–Crippen MR) is 160 cm³/mol. The van der Waals surface area contributed by atoms with Crippen molar-refractivity contribution in [2.24, 2.45) is 5.92 Å². The summed E-state index contributed by atoms with van der Waals surface area (Å²) in [6.07, 6.45) is 2.31. The molecular formula is C31H45ClF3N5O3. The number of nitrogens with one attached hydrogen (secondary N) is 1. The molecule has 1 aliphatic carbocycles. The normalized spacial score (nSPS) is 23.1. The van der Waals surface area contributed by atoms with Crippen molar-refractivity contribution in [1.82, 2.24) is 24.9 Å². The second kappa shape index (κ2) is 14.5. The van der Waals surface area contributed by atoms with Gasteiger partial charge in [0.25, 0.3) is 0 Å². The Balaban J connectivity index is 1.45. The maximum absolute atomic E-state index is 14.0. The first kappa shape index (κ1) is 33.4. The Kier molecular flexibility index (Phi) is 11.3. The largest absolute Gasteiger partial charge is 0.471 e. The van der Waals surface area contributed by atoms with E-state index in [1.54, 1.807) is 31.1 Å². The lowest BCUT2D eigenvalue weighted by Gasteiger charge is -2.48. The Bertz CT molecular complexity index is 1100. The highest BCUT2D eigenvalue weighted by molar-refractivity contribution is 6.30. The molecule has 3 aliphatic rings. The maximum Gasteiger partial charge on any atom is 0.471 e. The molecule has 1 aromatic carbocycles. The number of piperidine rings is 2. The smallest absolute Gasteiger partial charge is 0.341 e. The summed E-state index contributed by atoms with van der Waals surface area (Å²) in [6, 6.07) is 6.79. The van der Waals surface area contributed by atoms with Gasteiger partial charge in [0, 0.05) is 63.4 Å². The van der Waals surface area contributed by atoms with E-state index in [2.05, 4.69) is 17.1 Å². The first-order valence-electron chi connectivity index (χ1n) is 15.5. The van der Waals surface area contributed by atoms with Crippen molar-refractivity contribution in [3.05, 3.63) is 34.9 Å². The van der Waals surface area contributed by atoms with E-state index in [0.29, 0.717) is 43.8 Å². The highest BCUT2D eigenvalue weighted by Gasteiger charge is 2.44. The third-order valence-corrected chi connectivity index (χ3v) is 9.47. The number of carbonyl (C=O) groups is 3. The first-order valence-corrected chi connectivity index (χ1v) is 15.9. The van der Waals surface area contributed by atoms with Gasteiger partial charge in [-0.2, -0.15) is 13.2 Å². The van der Waals surface area contributed by atoms with Crippen LogP contribution in [0.15, 0.2) is 24.3 Å². The van der Waals surface area contributed by atoms with Gasteiger partial charge in [0.15, 0.2) is 0 Å². The number of benzene rings is 1. The first-order chi connectivity index (χ1) is 20.3. The van der Waals surface area contributed by atoms with Crippen LogP contribution in [0.1, 0.15) is 63.9 Å². The van der Waals surface area contributed by atoms with E-state index in [9.17, 15) is 27.6 Å². The molecule has 4 amide bonds. The molecule has 1 N–H and O–H groups in total. The van der Waals surface area contributed by atoms with Gasteiger partial charge in [-0.3, -0.25) is 9.59 Å². The zero-order valence-electron chi connectivity index (χ0n) is 25.4. The number of hydrogen-bond donors (Lipinski definition) is 1. The van der Waals surface area contributed by atoms with Crippen molar-refractivity contribution in [2.75, 3.05) is 40.3 Å². The maximum atomic E-state index is 14.0. The van der Waals surface area contributed by atoms with E-state index in [-0.39, 0.29) is 49.1 Å². The van der Waals surface area contributed by atoms with Crippen molar-refractivity contribution in [1.29, 1.82) is 0 Å². The molecule has 2 heterocycles. The summed E-state index contributed by atoms with van der Waals surface area (Å²) >= 11 is 6.08. The van der Waals surface area contributed by atoms with Crippen LogP contribution >= 0.6 is 11.6 Å². The van der Waals surface area contributed by atoms with Crippen LogP contribution in [0, 0.1) is 5.92 Å². The van der Waals surface area contributed by atoms with Crippen LogP contribution < -0.4 is 5.32 Å². The van der Waals surface area contributed by atoms with E-state index in [1.807, 2.05) is 17.0 Å². The van der Waals surface area contributed by atoms with E-state index in [0.717, 1.165) is 36.1 Å². The van der Waals surface area contributed by atoms with Gasteiger partial charge in [-0.25, -0.2) is 4.79 Å². The number of rotatable bonds is 7. The summed E-state index contributed by atoms with van der Waals surface area (Å²) in [6.45, 7) is 3.12. The summed E-state index contributed by atoms with van der Waals surface area (Å²) in [7, 11) is 3.58. The highest BCUT2D eigenvalue weighted by Crippen LogP contribution is 2.31. The van der Waals surface area contributed by atoms with E-state index in [4.69, 9.17) is 11.6 Å². The van der Waals surface area contributed by atoms with Gasteiger partial charge in [-0.1, -0.05) is 49.9 Å². The van der Waals surface area contributed by atoms with E-state index < -0.39 is 18.1 Å². The molecule has 2 aliphatic heterocycles. The minimum atomic E-state index is -4.89. The van der Waals surface area contributed by atoms with Gasteiger partial charge >= 0.3 is 18.1 Å². The quantitative estimate of drug-likeness (QED) is 0.464. The zero-order chi connectivity index (χ0) is 31.3. The van der Waals surface area contributed by atoms with Gasteiger partial charge in [-0.05, 0) is 62.1 Å². The third-order valence-electron chi connectivity index (χ3n) is 9.21. The molecule has 0 spiro atoms. The second-order valence-electron chi connectivity index (χ2n) is 12.6. The molecule has 240 valence electrons. The van der Waals surface area contributed by atoms with Crippen molar-refractivity contribution < 1.29 is 27.6 Å². The van der Waals surface area contributed by atoms with Gasteiger partial charge in [0.1, 0.15) is 0 Å². The molecule has 0 unspecified atom stereocenters. The summed E-state index contributed by atoms with van der Waals surface area (Å²) in [5.41, 5.74) is 0.919. The molecule has 3 atom stereocenters. The molecule has 3 fully saturated rings. The molecule has 0 aromatic heterocycles. The van der Waals surface area contributed by atoms with Crippen molar-refractivity contribution >= 4 is 29.4 Å². The van der Waals surface area contributed by atoms with Gasteiger partial charge in [0.2, 0.25) is 5.91 Å². The lowest BCUT2D eigenvalue weighted by molar-refractivity contribution is -0.186. The van der Waals surface area contributed by atoms with Crippen LogP contribution in [0.2, 0.25) is 5.02 Å². The molecule has 0 radical (unpaired) electrons. The number of urea groups is 1. The minimum Gasteiger partial charge on any atom is -0.341 e. The number of hydrogen-bond acceptors (Lipinski definition) is 4. The molecule has 1 aromatic rings. The second-order valence-corrected chi connectivity index (χ2v) is 13.0. The van der Waals surface area contributed by atoms with Crippen LogP contribution in [0.5, 0.6) is 0 Å². The number of nitrogens with zero attached hydrogens (tertiary/aromatic N) is 4. The van der Waals surface area contributed by atoms with Gasteiger partial charge in [0.05, 0.1) is 6.04 Å². The lowest BCUT2D eigenvalue weighted by Crippen LogP contribution is -2.61. The van der Waals surface area contributed by atoms with Gasteiger partial charge in [-0.15, -0.1) is 0 Å². The lowest BCUT2D eigenvalue weighted by atomic mass is 9.87. The summed E-state index contributed by atoms with van der Waals surface area (Å²) in [5, 5.41) is 4.02. The van der Waals surface area contributed by atoms with Crippen LogP contribution in [-0.4, -0.2) is 108 Å². The summed E-state index contributed by atoms with van der Waals surface area (Å²) in [4.78, 5) is 45.5. The topological polar surface area (TPSA) is 76.2 Å². The van der Waals surface area contributed by atoms with E-state index in [1.165, 1.54) is 6.42 Å². The Labute approximate surface area is 257 Å². The molecule has 0 bridgehead atoms. The van der Waals surface area contributed by atoms with Crippen molar-refractivity contribution in [3.63, 3.8) is 0 Å². The Hall–Kier alpha value is -2.53. The number of likely N-dealkylation sites (tertiary alicyclic amines) is 2. The number of halogens is 4. The van der Waals surface area contributed by atoms with E-state index >= 15 is 0 Å².